The zero-order chi connectivity index (χ0) is 13.0. The molecule has 0 fully saturated rings. The molecule has 0 saturated heterocycles. The number of nitrogens with two attached hydrogens (primary N) is 2. The molecule has 0 radical (unpaired) electrons. The van der Waals surface area contributed by atoms with Crippen molar-refractivity contribution in [1.29, 1.82) is 0 Å². The van der Waals surface area contributed by atoms with Crippen LogP contribution in [0.2, 0.25) is 0 Å². The average Bonchev–Trinajstić information content (AvgIpc) is 2.79. The number of aromatic nitrogens is 3. The number of thiophene rings is 1. The summed E-state index contributed by atoms with van der Waals surface area (Å²) >= 11 is 1.46. The molecular formula is C12H9N5OS. The van der Waals surface area contributed by atoms with E-state index < -0.39 is 0 Å². The molecule has 1 aliphatic heterocycles. The standard InChI is InChI=1S/C12H9N5OS/c13-10-6-3-18-2-1-5(6)7-8-9(19-12(7)17-10)11(14)16-4-15-8/h1,3-4H,2H2,(H2,13,17)(H2,14,15,16). The second kappa shape index (κ2) is 3.55. The Bertz CT molecular complexity index is 946. The third-order valence-electron chi connectivity index (χ3n) is 3.12. The fourth-order valence-corrected chi connectivity index (χ4v) is 3.33. The van der Waals surface area contributed by atoms with Crippen molar-refractivity contribution >= 4 is 55.7 Å². The molecule has 4 N–H and O–H groups in total. The van der Waals surface area contributed by atoms with Gasteiger partial charge in [0.05, 0.1) is 21.7 Å². The third-order valence-corrected chi connectivity index (χ3v) is 4.22. The van der Waals surface area contributed by atoms with Crippen molar-refractivity contribution in [3.63, 3.8) is 0 Å². The molecule has 19 heavy (non-hydrogen) atoms. The van der Waals surface area contributed by atoms with E-state index in [4.69, 9.17) is 16.2 Å². The van der Waals surface area contributed by atoms with Gasteiger partial charge in [0.25, 0.3) is 0 Å². The normalized spacial score (nSPS) is 13.7. The number of hydrogen-bond acceptors (Lipinski definition) is 7. The van der Waals surface area contributed by atoms with E-state index >= 15 is 0 Å². The van der Waals surface area contributed by atoms with Crippen LogP contribution < -0.4 is 21.9 Å². The number of hydrogen-bond donors (Lipinski definition) is 2. The van der Waals surface area contributed by atoms with Gasteiger partial charge < -0.3 is 16.2 Å². The lowest BCUT2D eigenvalue weighted by Crippen LogP contribution is -2.32. The van der Waals surface area contributed by atoms with Gasteiger partial charge in [-0.25, -0.2) is 15.0 Å². The number of rotatable bonds is 0. The van der Waals surface area contributed by atoms with Crippen LogP contribution in [-0.4, -0.2) is 21.6 Å². The SMILES string of the molecule is Nc1nc2sc3c(N)ncnc3c2c2c1=COCC=2. The van der Waals surface area contributed by atoms with E-state index in [-0.39, 0.29) is 0 Å². The van der Waals surface area contributed by atoms with Gasteiger partial charge in [-0.2, -0.15) is 0 Å². The van der Waals surface area contributed by atoms with Gasteiger partial charge in [0.15, 0.2) is 0 Å². The molecule has 0 bridgehead atoms. The maximum Gasteiger partial charge on any atom is 0.144 e. The van der Waals surface area contributed by atoms with E-state index in [0.29, 0.717) is 18.2 Å². The summed E-state index contributed by atoms with van der Waals surface area (Å²) in [6.45, 7) is 0.517. The summed E-state index contributed by atoms with van der Waals surface area (Å²) in [5, 5.41) is 2.78. The Balaban J connectivity index is 2.38. The quantitative estimate of drug-likeness (QED) is 0.595. The van der Waals surface area contributed by atoms with E-state index in [2.05, 4.69) is 15.0 Å². The number of fused-ring (bicyclic) bond motifs is 5. The number of pyridine rings is 1. The Morgan fingerprint density at radius 1 is 1.16 bits per heavy atom. The molecule has 0 amide bonds. The highest BCUT2D eigenvalue weighted by Crippen LogP contribution is 2.31. The lowest BCUT2D eigenvalue weighted by molar-refractivity contribution is 0.346. The van der Waals surface area contributed by atoms with Crippen LogP contribution in [0.25, 0.3) is 32.8 Å². The van der Waals surface area contributed by atoms with E-state index in [1.54, 1.807) is 6.26 Å². The Hall–Kier alpha value is -2.41. The van der Waals surface area contributed by atoms with Gasteiger partial charge in [0, 0.05) is 10.6 Å². The molecule has 3 aromatic heterocycles. The maximum absolute atomic E-state index is 5.96. The predicted molar refractivity (Wildman–Crippen MR) is 75.7 cm³/mol. The number of nitrogen functional groups attached to an aromatic ring is 2. The molecule has 0 atom stereocenters. The van der Waals surface area contributed by atoms with Gasteiger partial charge in [-0.3, -0.25) is 0 Å². The van der Waals surface area contributed by atoms with Crippen LogP contribution in [0.3, 0.4) is 0 Å². The molecule has 1 aliphatic rings. The van der Waals surface area contributed by atoms with Crippen molar-refractivity contribution < 1.29 is 4.74 Å². The largest absolute Gasteiger partial charge is 0.496 e. The first-order valence-electron chi connectivity index (χ1n) is 5.66. The van der Waals surface area contributed by atoms with Gasteiger partial charge in [-0.1, -0.05) is 0 Å². The van der Waals surface area contributed by atoms with Gasteiger partial charge in [0.1, 0.15) is 29.4 Å². The summed E-state index contributed by atoms with van der Waals surface area (Å²) in [7, 11) is 0. The third kappa shape index (κ3) is 1.33. The van der Waals surface area contributed by atoms with Crippen LogP contribution in [-0.2, 0) is 4.74 Å². The first-order valence-corrected chi connectivity index (χ1v) is 6.47. The van der Waals surface area contributed by atoms with E-state index in [1.807, 2.05) is 6.08 Å². The smallest absolute Gasteiger partial charge is 0.144 e. The topological polar surface area (TPSA) is 99.9 Å². The first-order chi connectivity index (χ1) is 9.25. The fraction of sp³-hybridized carbons (Fsp3) is 0.0833. The van der Waals surface area contributed by atoms with Gasteiger partial charge >= 0.3 is 0 Å². The minimum absolute atomic E-state index is 0.455. The molecule has 4 heterocycles. The summed E-state index contributed by atoms with van der Waals surface area (Å²) < 4.78 is 6.13. The highest BCUT2D eigenvalue weighted by Gasteiger charge is 2.14. The Morgan fingerprint density at radius 3 is 2.95 bits per heavy atom. The van der Waals surface area contributed by atoms with Crippen LogP contribution in [0.15, 0.2) is 6.33 Å². The predicted octanol–water partition coefficient (Wildman–Crippen LogP) is -0.0474. The fourth-order valence-electron chi connectivity index (χ4n) is 2.28. The zero-order valence-electron chi connectivity index (χ0n) is 9.75. The molecule has 0 aliphatic carbocycles. The van der Waals surface area contributed by atoms with Crippen LogP contribution in [0.1, 0.15) is 0 Å². The molecule has 0 unspecified atom stereocenters. The van der Waals surface area contributed by atoms with Crippen molar-refractivity contribution in [3.8, 4) is 0 Å². The van der Waals surface area contributed by atoms with Crippen molar-refractivity contribution in [2.24, 2.45) is 0 Å². The van der Waals surface area contributed by atoms with E-state index in [0.717, 1.165) is 30.9 Å². The molecule has 7 heteroatoms. The molecule has 6 nitrogen and oxygen atoms in total. The first kappa shape index (κ1) is 10.5. The van der Waals surface area contributed by atoms with Crippen LogP contribution in [0, 0.1) is 0 Å². The maximum atomic E-state index is 5.96. The molecule has 4 rings (SSSR count). The molecule has 3 aromatic rings. The average molecular weight is 271 g/mol. The van der Waals surface area contributed by atoms with Gasteiger partial charge in [-0.05, 0) is 6.08 Å². The summed E-state index contributed by atoms with van der Waals surface area (Å²) in [4.78, 5) is 13.6. The van der Waals surface area contributed by atoms with Crippen molar-refractivity contribution in [2.45, 2.75) is 0 Å². The summed E-state index contributed by atoms with van der Waals surface area (Å²) in [6.07, 6.45) is 5.10. The van der Waals surface area contributed by atoms with E-state index in [9.17, 15) is 0 Å². The van der Waals surface area contributed by atoms with E-state index in [1.165, 1.54) is 17.7 Å². The highest BCUT2D eigenvalue weighted by atomic mass is 32.1. The Kier molecular flexibility index (Phi) is 1.96. The monoisotopic (exact) mass is 271 g/mol. The highest BCUT2D eigenvalue weighted by molar-refractivity contribution is 7.25. The minimum Gasteiger partial charge on any atom is -0.496 e. The van der Waals surface area contributed by atoms with Crippen molar-refractivity contribution in [2.75, 3.05) is 18.1 Å². The number of ether oxygens (including phenoxy) is 1. The second-order valence-electron chi connectivity index (χ2n) is 4.20. The molecule has 0 spiro atoms. The van der Waals surface area contributed by atoms with Crippen molar-refractivity contribution in [1.82, 2.24) is 15.0 Å². The van der Waals surface area contributed by atoms with Gasteiger partial charge in [-0.15, -0.1) is 11.3 Å². The number of anilines is 2. The summed E-state index contributed by atoms with van der Waals surface area (Å²) in [5.41, 5.74) is 12.7. The van der Waals surface area contributed by atoms with Crippen LogP contribution in [0.4, 0.5) is 11.6 Å². The molecule has 0 saturated carbocycles. The van der Waals surface area contributed by atoms with Gasteiger partial charge in [0.2, 0.25) is 0 Å². The zero-order valence-corrected chi connectivity index (χ0v) is 10.6. The second-order valence-corrected chi connectivity index (χ2v) is 5.20. The van der Waals surface area contributed by atoms with Crippen molar-refractivity contribution in [3.05, 3.63) is 16.8 Å². The lowest BCUT2D eigenvalue weighted by Gasteiger charge is -2.05. The summed E-state index contributed by atoms with van der Waals surface area (Å²) in [6, 6.07) is 0. The lowest BCUT2D eigenvalue weighted by atomic mass is 10.2. The summed E-state index contributed by atoms with van der Waals surface area (Å²) in [5.74, 6) is 0.924. The minimum atomic E-state index is 0.455. The van der Waals surface area contributed by atoms with Crippen LogP contribution >= 0.6 is 11.3 Å². The molecule has 94 valence electrons. The molecular weight excluding hydrogens is 262 g/mol. The Labute approximate surface area is 111 Å². The number of nitrogens with zero attached hydrogens (tertiary/aromatic N) is 3. The molecule has 0 aromatic carbocycles. The van der Waals surface area contributed by atoms with Crippen LogP contribution in [0.5, 0.6) is 0 Å². The Morgan fingerprint density at radius 2 is 2.05 bits per heavy atom.